The lowest BCUT2D eigenvalue weighted by Gasteiger charge is -2.12. The Kier molecular flexibility index (Phi) is 10.4. The lowest BCUT2D eigenvalue weighted by atomic mass is 9.99. The van der Waals surface area contributed by atoms with E-state index in [0.29, 0.717) is 6.04 Å². The van der Waals surface area contributed by atoms with Gasteiger partial charge in [-0.05, 0) is 18.8 Å². The number of unbranched alkanes of at least 4 members (excludes halogenated alkanes) is 4. The van der Waals surface area contributed by atoms with Gasteiger partial charge in [0.25, 0.3) is 0 Å². The number of nitrogens with two attached hydrogens (primary N) is 1. The smallest absolute Gasteiger partial charge is 0.00388 e. The zero-order valence-electron chi connectivity index (χ0n) is 11.1. The first-order valence-corrected chi connectivity index (χ1v) is 6.92. The number of hydrogen-bond acceptors (Lipinski definition) is 1. The normalized spacial score (nSPS) is 13.4. The zero-order chi connectivity index (χ0) is 11.5. The molecule has 0 aliphatic rings. The summed E-state index contributed by atoms with van der Waals surface area (Å²) in [7, 11) is 0. The van der Waals surface area contributed by atoms with E-state index >= 15 is 0 Å². The van der Waals surface area contributed by atoms with Gasteiger partial charge in [0.1, 0.15) is 0 Å². The summed E-state index contributed by atoms with van der Waals surface area (Å²) in [5, 5.41) is 0. The molecule has 0 aliphatic heterocycles. The Morgan fingerprint density at radius 1 is 0.800 bits per heavy atom. The van der Waals surface area contributed by atoms with E-state index in [-0.39, 0.29) is 0 Å². The highest BCUT2D eigenvalue weighted by atomic mass is 14.6. The van der Waals surface area contributed by atoms with Crippen LogP contribution in [0.4, 0.5) is 0 Å². The summed E-state index contributed by atoms with van der Waals surface area (Å²) in [4.78, 5) is 0. The third-order valence-electron chi connectivity index (χ3n) is 3.03. The lowest BCUT2D eigenvalue weighted by Crippen LogP contribution is -2.19. The van der Waals surface area contributed by atoms with Crippen molar-refractivity contribution < 1.29 is 0 Å². The minimum Gasteiger partial charge on any atom is -0.328 e. The molecule has 0 bridgehead atoms. The van der Waals surface area contributed by atoms with Crippen LogP contribution in [0.25, 0.3) is 0 Å². The van der Waals surface area contributed by atoms with Crippen molar-refractivity contribution in [3.8, 4) is 0 Å². The first-order chi connectivity index (χ1) is 7.16. The van der Waals surface area contributed by atoms with E-state index in [4.69, 9.17) is 5.73 Å². The summed E-state index contributed by atoms with van der Waals surface area (Å²) in [5.74, 6) is 0.835. The van der Waals surface area contributed by atoms with Crippen LogP contribution in [0.15, 0.2) is 0 Å². The summed E-state index contributed by atoms with van der Waals surface area (Å²) in [6.45, 7) is 6.84. The molecule has 0 aromatic carbocycles. The molecular formula is C14H31N. The van der Waals surface area contributed by atoms with Crippen molar-refractivity contribution in [1.29, 1.82) is 0 Å². The molecule has 0 rings (SSSR count). The number of rotatable bonds is 10. The van der Waals surface area contributed by atoms with Crippen molar-refractivity contribution in [3.63, 3.8) is 0 Å². The Labute approximate surface area is 96.8 Å². The molecule has 0 aromatic rings. The monoisotopic (exact) mass is 213 g/mol. The van der Waals surface area contributed by atoms with Gasteiger partial charge in [-0.2, -0.15) is 0 Å². The number of hydrogen-bond donors (Lipinski definition) is 1. The molecule has 0 fully saturated rings. The lowest BCUT2D eigenvalue weighted by molar-refractivity contribution is 0.465. The topological polar surface area (TPSA) is 26.0 Å². The molecule has 1 heteroatoms. The highest BCUT2D eigenvalue weighted by molar-refractivity contribution is 4.62. The van der Waals surface area contributed by atoms with E-state index in [1.165, 1.54) is 57.8 Å². The molecule has 0 saturated carbocycles. The standard InChI is InChI=1S/C14H31N/c1-4-5-6-7-8-11-14(15)12-9-10-13(2)3/h13-14H,4-12,15H2,1-3H3. The molecule has 0 aliphatic carbocycles. The van der Waals surface area contributed by atoms with Crippen LogP contribution in [0.3, 0.4) is 0 Å². The van der Waals surface area contributed by atoms with Crippen molar-refractivity contribution in [2.45, 2.75) is 84.6 Å². The fraction of sp³-hybridized carbons (Fsp3) is 1.00. The molecule has 1 atom stereocenters. The van der Waals surface area contributed by atoms with Gasteiger partial charge in [-0.25, -0.2) is 0 Å². The zero-order valence-corrected chi connectivity index (χ0v) is 11.1. The third kappa shape index (κ3) is 11.9. The van der Waals surface area contributed by atoms with Gasteiger partial charge in [0, 0.05) is 6.04 Å². The van der Waals surface area contributed by atoms with Crippen molar-refractivity contribution >= 4 is 0 Å². The van der Waals surface area contributed by atoms with Crippen LogP contribution >= 0.6 is 0 Å². The Hall–Kier alpha value is -0.0400. The van der Waals surface area contributed by atoms with Crippen molar-refractivity contribution in [2.24, 2.45) is 11.7 Å². The molecule has 0 heterocycles. The van der Waals surface area contributed by atoms with Crippen LogP contribution in [0.2, 0.25) is 0 Å². The molecular weight excluding hydrogens is 182 g/mol. The summed E-state index contributed by atoms with van der Waals surface area (Å²) < 4.78 is 0. The van der Waals surface area contributed by atoms with Gasteiger partial charge in [0.2, 0.25) is 0 Å². The predicted molar refractivity (Wildman–Crippen MR) is 70.0 cm³/mol. The third-order valence-corrected chi connectivity index (χ3v) is 3.03. The Morgan fingerprint density at radius 3 is 2.00 bits per heavy atom. The van der Waals surface area contributed by atoms with Crippen LogP contribution in [0.1, 0.15) is 78.6 Å². The largest absolute Gasteiger partial charge is 0.328 e. The SMILES string of the molecule is CCCCCCCC(N)CCCC(C)C. The molecule has 92 valence electrons. The summed E-state index contributed by atoms with van der Waals surface area (Å²) in [5.41, 5.74) is 6.07. The molecule has 0 spiro atoms. The van der Waals surface area contributed by atoms with Gasteiger partial charge >= 0.3 is 0 Å². The summed E-state index contributed by atoms with van der Waals surface area (Å²) >= 11 is 0. The molecule has 1 unspecified atom stereocenters. The molecule has 2 N–H and O–H groups in total. The van der Waals surface area contributed by atoms with Crippen LogP contribution in [0, 0.1) is 5.92 Å². The van der Waals surface area contributed by atoms with Crippen molar-refractivity contribution in [2.75, 3.05) is 0 Å². The predicted octanol–water partition coefficient (Wildman–Crippen LogP) is 4.50. The van der Waals surface area contributed by atoms with Crippen molar-refractivity contribution in [3.05, 3.63) is 0 Å². The first-order valence-electron chi connectivity index (χ1n) is 6.92. The van der Waals surface area contributed by atoms with Crippen LogP contribution in [-0.4, -0.2) is 6.04 Å². The highest BCUT2D eigenvalue weighted by Crippen LogP contribution is 2.12. The Balaban J connectivity index is 3.15. The summed E-state index contributed by atoms with van der Waals surface area (Å²) in [6, 6.07) is 0.463. The van der Waals surface area contributed by atoms with Gasteiger partial charge in [0.15, 0.2) is 0 Å². The molecule has 0 aromatic heterocycles. The molecule has 0 radical (unpaired) electrons. The van der Waals surface area contributed by atoms with E-state index < -0.39 is 0 Å². The van der Waals surface area contributed by atoms with Gasteiger partial charge in [-0.15, -0.1) is 0 Å². The quantitative estimate of drug-likeness (QED) is 0.531. The van der Waals surface area contributed by atoms with Gasteiger partial charge in [-0.1, -0.05) is 65.7 Å². The fourth-order valence-electron chi connectivity index (χ4n) is 1.94. The van der Waals surface area contributed by atoms with Gasteiger partial charge in [-0.3, -0.25) is 0 Å². The fourth-order valence-corrected chi connectivity index (χ4v) is 1.94. The molecule has 0 amide bonds. The second-order valence-corrected chi connectivity index (χ2v) is 5.29. The van der Waals surface area contributed by atoms with E-state index in [1.54, 1.807) is 0 Å². The minimum absolute atomic E-state index is 0.463. The van der Waals surface area contributed by atoms with E-state index in [2.05, 4.69) is 20.8 Å². The molecule has 1 nitrogen and oxygen atoms in total. The molecule has 0 saturated heterocycles. The van der Waals surface area contributed by atoms with Gasteiger partial charge in [0.05, 0.1) is 0 Å². The van der Waals surface area contributed by atoms with E-state index in [1.807, 2.05) is 0 Å². The van der Waals surface area contributed by atoms with E-state index in [0.717, 1.165) is 5.92 Å². The second kappa shape index (κ2) is 10.5. The second-order valence-electron chi connectivity index (χ2n) is 5.29. The Morgan fingerprint density at radius 2 is 1.40 bits per heavy atom. The minimum atomic E-state index is 0.463. The van der Waals surface area contributed by atoms with Gasteiger partial charge < -0.3 is 5.73 Å². The maximum absolute atomic E-state index is 6.07. The van der Waals surface area contributed by atoms with Crippen LogP contribution in [-0.2, 0) is 0 Å². The maximum Gasteiger partial charge on any atom is 0.00388 e. The average molecular weight is 213 g/mol. The first kappa shape index (κ1) is 15.0. The van der Waals surface area contributed by atoms with Crippen LogP contribution < -0.4 is 5.73 Å². The summed E-state index contributed by atoms with van der Waals surface area (Å²) in [6.07, 6.45) is 12.0. The van der Waals surface area contributed by atoms with Crippen LogP contribution in [0.5, 0.6) is 0 Å². The van der Waals surface area contributed by atoms with E-state index in [9.17, 15) is 0 Å². The maximum atomic E-state index is 6.07. The van der Waals surface area contributed by atoms with Crippen molar-refractivity contribution in [1.82, 2.24) is 0 Å². The Bertz CT molecular complexity index is 121. The molecule has 15 heavy (non-hydrogen) atoms. The highest BCUT2D eigenvalue weighted by Gasteiger charge is 2.02. The average Bonchev–Trinajstić information content (AvgIpc) is 2.17.